The third-order valence-corrected chi connectivity index (χ3v) is 3.64. The summed E-state index contributed by atoms with van der Waals surface area (Å²) in [5.41, 5.74) is 1.02. The number of benzene rings is 1. The minimum atomic E-state index is 0.382. The molecule has 1 aromatic rings. The average molecular weight is 270 g/mol. The number of halogens is 1. The second-order valence-electron chi connectivity index (χ2n) is 4.78. The highest BCUT2D eigenvalue weighted by Gasteiger charge is 2.29. The lowest BCUT2D eigenvalue weighted by molar-refractivity contribution is -0.0396. The van der Waals surface area contributed by atoms with Gasteiger partial charge in [0.2, 0.25) is 0 Å². The van der Waals surface area contributed by atoms with Gasteiger partial charge in [0, 0.05) is 10.6 Å². The molecule has 1 aliphatic rings. The third-order valence-electron chi connectivity index (χ3n) is 3.40. The Labute approximate surface area is 113 Å². The molecule has 0 amide bonds. The van der Waals surface area contributed by atoms with Crippen LogP contribution in [0.25, 0.3) is 0 Å². The predicted molar refractivity (Wildman–Crippen MR) is 73.2 cm³/mol. The second kappa shape index (κ2) is 6.41. The number of ether oxygens (including phenoxy) is 2. The Bertz CT molecular complexity index is 391. The topological polar surface area (TPSA) is 30.5 Å². The molecule has 0 bridgehead atoms. The maximum absolute atomic E-state index is 5.98. The number of nitrogens with one attached hydrogen (secondary N) is 1. The van der Waals surface area contributed by atoms with Gasteiger partial charge in [-0.3, -0.25) is 0 Å². The van der Waals surface area contributed by atoms with E-state index in [1.807, 2.05) is 25.2 Å². The van der Waals surface area contributed by atoms with Crippen LogP contribution in [0.5, 0.6) is 5.75 Å². The van der Waals surface area contributed by atoms with Crippen molar-refractivity contribution in [1.82, 2.24) is 5.32 Å². The van der Waals surface area contributed by atoms with Gasteiger partial charge in [0.1, 0.15) is 5.75 Å². The van der Waals surface area contributed by atoms with Gasteiger partial charge in [-0.2, -0.15) is 0 Å². The van der Waals surface area contributed by atoms with Crippen molar-refractivity contribution in [3.63, 3.8) is 0 Å². The second-order valence-corrected chi connectivity index (χ2v) is 5.22. The summed E-state index contributed by atoms with van der Waals surface area (Å²) < 4.78 is 11.2. The van der Waals surface area contributed by atoms with Crippen molar-refractivity contribution in [3.05, 3.63) is 28.8 Å². The molecule has 1 saturated carbocycles. The summed E-state index contributed by atoms with van der Waals surface area (Å²) in [6.45, 7) is 1.65. The minimum absolute atomic E-state index is 0.382. The fourth-order valence-corrected chi connectivity index (χ4v) is 2.53. The molecule has 1 N–H and O–H groups in total. The SMILES string of the molecule is CNCC1CC(OCc2cc(Cl)ccc2OC)C1. The molecule has 1 fully saturated rings. The summed E-state index contributed by atoms with van der Waals surface area (Å²) >= 11 is 5.98. The molecule has 1 aromatic carbocycles. The van der Waals surface area contributed by atoms with Crippen LogP contribution in [0.4, 0.5) is 0 Å². The van der Waals surface area contributed by atoms with Gasteiger partial charge in [0.05, 0.1) is 19.8 Å². The minimum Gasteiger partial charge on any atom is -0.496 e. The Balaban J connectivity index is 1.82. The molecule has 0 saturated heterocycles. The Morgan fingerprint density at radius 1 is 1.39 bits per heavy atom. The number of hydrogen-bond donors (Lipinski definition) is 1. The first-order chi connectivity index (χ1) is 8.72. The molecule has 0 aliphatic heterocycles. The van der Waals surface area contributed by atoms with E-state index in [2.05, 4.69) is 5.32 Å². The molecule has 0 atom stereocenters. The van der Waals surface area contributed by atoms with Gasteiger partial charge in [-0.15, -0.1) is 0 Å². The summed E-state index contributed by atoms with van der Waals surface area (Å²) in [5, 5.41) is 3.92. The smallest absolute Gasteiger partial charge is 0.124 e. The van der Waals surface area contributed by atoms with E-state index < -0.39 is 0 Å². The molecular formula is C14H20ClNO2. The van der Waals surface area contributed by atoms with Crippen LogP contribution in [0.3, 0.4) is 0 Å². The summed E-state index contributed by atoms with van der Waals surface area (Å²) in [7, 11) is 3.66. The van der Waals surface area contributed by atoms with Crippen LogP contribution in [-0.4, -0.2) is 26.8 Å². The summed E-state index contributed by atoms with van der Waals surface area (Å²) in [6, 6.07) is 5.62. The maximum Gasteiger partial charge on any atom is 0.124 e. The van der Waals surface area contributed by atoms with Gasteiger partial charge in [0.15, 0.2) is 0 Å². The standard InChI is InChI=1S/C14H20ClNO2/c1-16-8-10-5-13(6-10)18-9-11-7-12(15)3-4-14(11)17-2/h3-4,7,10,13,16H,5-6,8-9H2,1-2H3. The quantitative estimate of drug-likeness (QED) is 0.861. The molecular weight excluding hydrogens is 250 g/mol. The van der Waals surface area contributed by atoms with Crippen molar-refractivity contribution < 1.29 is 9.47 Å². The molecule has 0 heterocycles. The van der Waals surface area contributed by atoms with Crippen molar-refractivity contribution in [2.45, 2.75) is 25.6 Å². The van der Waals surface area contributed by atoms with Crippen LogP contribution >= 0.6 is 11.6 Å². The first-order valence-corrected chi connectivity index (χ1v) is 6.69. The molecule has 100 valence electrons. The highest BCUT2D eigenvalue weighted by Crippen LogP contribution is 2.31. The lowest BCUT2D eigenvalue weighted by Crippen LogP contribution is -2.36. The van der Waals surface area contributed by atoms with Crippen LogP contribution < -0.4 is 10.1 Å². The van der Waals surface area contributed by atoms with Gasteiger partial charge in [-0.25, -0.2) is 0 Å². The van der Waals surface area contributed by atoms with Crippen LogP contribution in [0, 0.1) is 5.92 Å². The lowest BCUT2D eigenvalue weighted by atomic mass is 9.82. The molecule has 18 heavy (non-hydrogen) atoms. The molecule has 0 unspecified atom stereocenters. The lowest BCUT2D eigenvalue weighted by Gasteiger charge is -2.35. The number of hydrogen-bond acceptors (Lipinski definition) is 3. The van der Waals surface area contributed by atoms with E-state index in [-0.39, 0.29) is 0 Å². The average Bonchev–Trinajstić information content (AvgIpc) is 2.32. The van der Waals surface area contributed by atoms with Crippen molar-refractivity contribution in [2.75, 3.05) is 20.7 Å². The first-order valence-electron chi connectivity index (χ1n) is 6.31. The van der Waals surface area contributed by atoms with Crippen molar-refractivity contribution in [2.24, 2.45) is 5.92 Å². The molecule has 1 aliphatic carbocycles. The zero-order chi connectivity index (χ0) is 13.0. The molecule has 4 heteroatoms. The zero-order valence-electron chi connectivity index (χ0n) is 10.9. The monoisotopic (exact) mass is 269 g/mol. The Kier molecular flexibility index (Phi) is 4.87. The molecule has 2 rings (SSSR count). The van der Waals surface area contributed by atoms with Crippen molar-refractivity contribution in [3.8, 4) is 5.75 Å². The first kappa shape index (κ1) is 13.7. The Hall–Kier alpha value is -0.770. The van der Waals surface area contributed by atoms with Crippen LogP contribution in [0.15, 0.2) is 18.2 Å². The van der Waals surface area contributed by atoms with Crippen molar-refractivity contribution in [1.29, 1.82) is 0 Å². The Morgan fingerprint density at radius 2 is 2.17 bits per heavy atom. The predicted octanol–water partition coefficient (Wildman–Crippen LogP) is 2.86. The molecule has 0 spiro atoms. The van der Waals surface area contributed by atoms with E-state index in [0.717, 1.165) is 41.6 Å². The van der Waals surface area contributed by atoms with E-state index in [1.165, 1.54) is 0 Å². The highest BCUT2D eigenvalue weighted by molar-refractivity contribution is 6.30. The van der Waals surface area contributed by atoms with Crippen LogP contribution in [0.2, 0.25) is 5.02 Å². The fraction of sp³-hybridized carbons (Fsp3) is 0.571. The van der Waals surface area contributed by atoms with E-state index in [0.29, 0.717) is 12.7 Å². The summed E-state index contributed by atoms with van der Waals surface area (Å²) in [4.78, 5) is 0. The number of methoxy groups -OCH3 is 1. The van der Waals surface area contributed by atoms with E-state index in [1.54, 1.807) is 7.11 Å². The zero-order valence-corrected chi connectivity index (χ0v) is 11.7. The number of rotatable bonds is 6. The van der Waals surface area contributed by atoms with Crippen LogP contribution in [-0.2, 0) is 11.3 Å². The van der Waals surface area contributed by atoms with Gasteiger partial charge in [-0.1, -0.05) is 11.6 Å². The molecule has 0 radical (unpaired) electrons. The van der Waals surface area contributed by atoms with Crippen molar-refractivity contribution >= 4 is 11.6 Å². The van der Waals surface area contributed by atoms with Gasteiger partial charge >= 0.3 is 0 Å². The van der Waals surface area contributed by atoms with E-state index in [9.17, 15) is 0 Å². The fourth-order valence-electron chi connectivity index (χ4n) is 2.33. The summed E-state index contributed by atoms with van der Waals surface area (Å²) in [5.74, 6) is 1.60. The van der Waals surface area contributed by atoms with E-state index in [4.69, 9.17) is 21.1 Å². The van der Waals surface area contributed by atoms with Gasteiger partial charge in [0.25, 0.3) is 0 Å². The van der Waals surface area contributed by atoms with Gasteiger partial charge < -0.3 is 14.8 Å². The van der Waals surface area contributed by atoms with Crippen LogP contribution in [0.1, 0.15) is 18.4 Å². The largest absolute Gasteiger partial charge is 0.496 e. The Morgan fingerprint density at radius 3 is 2.83 bits per heavy atom. The maximum atomic E-state index is 5.98. The third kappa shape index (κ3) is 3.37. The summed E-state index contributed by atoms with van der Waals surface area (Å²) in [6.07, 6.45) is 2.67. The normalized spacial score (nSPS) is 22.6. The van der Waals surface area contributed by atoms with E-state index >= 15 is 0 Å². The highest BCUT2D eigenvalue weighted by atomic mass is 35.5. The van der Waals surface area contributed by atoms with Gasteiger partial charge in [-0.05, 0) is 50.6 Å². The molecule has 3 nitrogen and oxygen atoms in total. The molecule has 0 aromatic heterocycles.